The Hall–Kier alpha value is -1.02. The summed E-state index contributed by atoms with van der Waals surface area (Å²) in [6.07, 6.45) is 6.37. The Morgan fingerprint density at radius 3 is 2.59 bits per heavy atom. The molecule has 0 aromatic heterocycles. The zero-order valence-electron chi connectivity index (χ0n) is 17.4. The van der Waals surface area contributed by atoms with E-state index in [0.29, 0.717) is 5.41 Å². The molecule has 0 spiro atoms. The number of aliphatic imine (C=N–C) groups is 1. The summed E-state index contributed by atoms with van der Waals surface area (Å²) in [5.41, 5.74) is 2.83. The number of hydrogen-bond donors (Lipinski definition) is 2. The van der Waals surface area contributed by atoms with Gasteiger partial charge in [0, 0.05) is 53.1 Å². The number of ether oxygens (including phenoxy) is 1. The standard InChI is InChI=1S/C21H36N4O.HI/c1-5-26-14-13-21(11-6-7-12-21)17-24-20(22-2)23-16-18-9-8-10-19(15-18)25(3)4;/h8-10,15H,5-7,11-14,16-17H2,1-4H3,(H2,22,23,24);1H. The molecule has 0 radical (unpaired) electrons. The Morgan fingerprint density at radius 1 is 1.22 bits per heavy atom. The highest BCUT2D eigenvalue weighted by molar-refractivity contribution is 14.0. The van der Waals surface area contributed by atoms with E-state index >= 15 is 0 Å². The van der Waals surface area contributed by atoms with Crippen molar-refractivity contribution in [1.29, 1.82) is 0 Å². The second-order valence-corrected chi connectivity index (χ2v) is 7.50. The van der Waals surface area contributed by atoms with E-state index in [9.17, 15) is 0 Å². The Bertz CT molecular complexity index is 571. The molecule has 1 saturated carbocycles. The molecule has 0 amide bonds. The zero-order chi connectivity index (χ0) is 18.8. The van der Waals surface area contributed by atoms with E-state index in [0.717, 1.165) is 38.7 Å². The monoisotopic (exact) mass is 488 g/mol. The van der Waals surface area contributed by atoms with Crippen molar-refractivity contribution in [3.05, 3.63) is 29.8 Å². The zero-order valence-corrected chi connectivity index (χ0v) is 19.7. The summed E-state index contributed by atoms with van der Waals surface area (Å²) < 4.78 is 5.61. The molecular weight excluding hydrogens is 451 g/mol. The van der Waals surface area contributed by atoms with Crippen molar-refractivity contribution in [2.75, 3.05) is 45.8 Å². The van der Waals surface area contributed by atoms with Gasteiger partial charge in [0.1, 0.15) is 0 Å². The van der Waals surface area contributed by atoms with Gasteiger partial charge in [0.2, 0.25) is 0 Å². The van der Waals surface area contributed by atoms with Gasteiger partial charge in [-0.1, -0.05) is 25.0 Å². The van der Waals surface area contributed by atoms with Crippen molar-refractivity contribution in [2.45, 2.75) is 45.6 Å². The molecular formula is C21H37IN4O. The van der Waals surface area contributed by atoms with Crippen molar-refractivity contribution in [2.24, 2.45) is 10.4 Å². The minimum Gasteiger partial charge on any atom is -0.382 e. The summed E-state index contributed by atoms with van der Waals surface area (Å²) in [5, 5.41) is 7.01. The molecule has 1 aromatic rings. The lowest BCUT2D eigenvalue weighted by Gasteiger charge is -2.30. The molecule has 2 N–H and O–H groups in total. The molecule has 0 bridgehead atoms. The first-order valence-electron chi connectivity index (χ1n) is 9.87. The fourth-order valence-corrected chi connectivity index (χ4v) is 3.70. The summed E-state index contributed by atoms with van der Waals surface area (Å²) in [6, 6.07) is 8.58. The van der Waals surface area contributed by atoms with E-state index < -0.39 is 0 Å². The third-order valence-electron chi connectivity index (χ3n) is 5.39. The van der Waals surface area contributed by atoms with Crippen molar-refractivity contribution in [3.8, 4) is 0 Å². The molecule has 154 valence electrons. The second kappa shape index (κ2) is 12.4. The molecule has 2 rings (SSSR count). The normalized spacial score (nSPS) is 15.9. The van der Waals surface area contributed by atoms with Crippen LogP contribution in [0.2, 0.25) is 0 Å². The van der Waals surface area contributed by atoms with Crippen molar-refractivity contribution in [3.63, 3.8) is 0 Å². The number of benzene rings is 1. The molecule has 1 aliphatic carbocycles. The van der Waals surface area contributed by atoms with Crippen LogP contribution in [0, 0.1) is 5.41 Å². The molecule has 6 heteroatoms. The fourth-order valence-electron chi connectivity index (χ4n) is 3.70. The number of nitrogens with one attached hydrogen (secondary N) is 2. The molecule has 5 nitrogen and oxygen atoms in total. The summed E-state index contributed by atoms with van der Waals surface area (Å²) in [4.78, 5) is 6.53. The number of guanidine groups is 1. The van der Waals surface area contributed by atoms with Crippen LogP contribution in [0.4, 0.5) is 5.69 Å². The van der Waals surface area contributed by atoms with Crippen molar-refractivity contribution >= 4 is 35.6 Å². The molecule has 0 atom stereocenters. The summed E-state index contributed by atoms with van der Waals surface area (Å²) in [6.45, 7) is 5.47. The van der Waals surface area contributed by atoms with Gasteiger partial charge in [-0.15, -0.1) is 24.0 Å². The molecule has 0 heterocycles. The molecule has 0 saturated heterocycles. The van der Waals surface area contributed by atoms with Crippen LogP contribution in [0.25, 0.3) is 0 Å². The minimum absolute atomic E-state index is 0. The Morgan fingerprint density at radius 2 is 1.96 bits per heavy atom. The first kappa shape index (κ1) is 24.0. The highest BCUT2D eigenvalue weighted by Gasteiger charge is 2.33. The summed E-state index contributed by atoms with van der Waals surface area (Å²) >= 11 is 0. The van der Waals surface area contributed by atoms with Gasteiger partial charge in [-0.3, -0.25) is 4.99 Å². The highest BCUT2D eigenvalue weighted by Crippen LogP contribution is 2.40. The van der Waals surface area contributed by atoms with Gasteiger partial charge in [0.15, 0.2) is 5.96 Å². The van der Waals surface area contributed by atoms with Crippen LogP contribution in [0.3, 0.4) is 0 Å². The molecule has 1 aliphatic rings. The molecule has 1 fully saturated rings. The fraction of sp³-hybridized carbons (Fsp3) is 0.667. The Labute approximate surface area is 182 Å². The van der Waals surface area contributed by atoms with E-state index in [2.05, 4.69) is 65.8 Å². The van der Waals surface area contributed by atoms with Gasteiger partial charge < -0.3 is 20.3 Å². The minimum atomic E-state index is 0. The molecule has 27 heavy (non-hydrogen) atoms. The van der Waals surface area contributed by atoms with Crippen LogP contribution < -0.4 is 15.5 Å². The van der Waals surface area contributed by atoms with Crippen LogP contribution in [-0.2, 0) is 11.3 Å². The van der Waals surface area contributed by atoms with E-state index in [4.69, 9.17) is 4.74 Å². The van der Waals surface area contributed by atoms with Crippen LogP contribution in [0.15, 0.2) is 29.3 Å². The van der Waals surface area contributed by atoms with E-state index in [1.165, 1.54) is 36.9 Å². The lowest BCUT2D eigenvalue weighted by Crippen LogP contribution is -2.43. The predicted molar refractivity (Wildman–Crippen MR) is 126 cm³/mol. The van der Waals surface area contributed by atoms with E-state index in [1.54, 1.807) is 0 Å². The maximum atomic E-state index is 5.61. The van der Waals surface area contributed by atoms with Gasteiger partial charge in [-0.2, -0.15) is 0 Å². The van der Waals surface area contributed by atoms with E-state index in [-0.39, 0.29) is 24.0 Å². The van der Waals surface area contributed by atoms with Gasteiger partial charge in [-0.25, -0.2) is 0 Å². The van der Waals surface area contributed by atoms with Crippen LogP contribution >= 0.6 is 24.0 Å². The average molecular weight is 488 g/mol. The molecule has 0 unspecified atom stereocenters. The third kappa shape index (κ3) is 7.86. The number of nitrogens with zero attached hydrogens (tertiary/aromatic N) is 2. The molecule has 1 aromatic carbocycles. The van der Waals surface area contributed by atoms with Crippen molar-refractivity contribution in [1.82, 2.24) is 10.6 Å². The Kier molecular flexibility index (Phi) is 11.1. The van der Waals surface area contributed by atoms with Gasteiger partial charge >= 0.3 is 0 Å². The lowest BCUT2D eigenvalue weighted by atomic mass is 9.83. The number of anilines is 1. The summed E-state index contributed by atoms with van der Waals surface area (Å²) in [7, 11) is 5.97. The second-order valence-electron chi connectivity index (χ2n) is 7.50. The highest BCUT2D eigenvalue weighted by atomic mass is 127. The summed E-state index contributed by atoms with van der Waals surface area (Å²) in [5.74, 6) is 0.878. The SMILES string of the molecule is CCOCCC1(CNC(=NC)NCc2cccc(N(C)C)c2)CCCC1.I. The third-order valence-corrected chi connectivity index (χ3v) is 5.39. The Balaban J connectivity index is 0.00000364. The maximum Gasteiger partial charge on any atom is 0.191 e. The van der Waals surface area contributed by atoms with Crippen LogP contribution in [-0.4, -0.2) is 46.9 Å². The topological polar surface area (TPSA) is 48.9 Å². The van der Waals surface area contributed by atoms with Crippen LogP contribution in [0.5, 0.6) is 0 Å². The molecule has 0 aliphatic heterocycles. The smallest absolute Gasteiger partial charge is 0.191 e. The lowest BCUT2D eigenvalue weighted by molar-refractivity contribution is 0.105. The first-order valence-corrected chi connectivity index (χ1v) is 9.87. The quantitative estimate of drug-likeness (QED) is 0.239. The number of hydrogen-bond acceptors (Lipinski definition) is 3. The number of rotatable bonds is 9. The largest absolute Gasteiger partial charge is 0.382 e. The first-order chi connectivity index (χ1) is 12.6. The number of halogens is 1. The van der Waals surface area contributed by atoms with Gasteiger partial charge in [0.25, 0.3) is 0 Å². The van der Waals surface area contributed by atoms with Gasteiger partial charge in [0.05, 0.1) is 0 Å². The maximum absolute atomic E-state index is 5.61. The predicted octanol–water partition coefficient (Wildman–Crippen LogP) is 4.02. The van der Waals surface area contributed by atoms with Crippen molar-refractivity contribution < 1.29 is 4.74 Å². The van der Waals surface area contributed by atoms with Gasteiger partial charge in [-0.05, 0) is 49.3 Å². The van der Waals surface area contributed by atoms with Crippen LogP contribution in [0.1, 0.15) is 44.6 Å². The van der Waals surface area contributed by atoms with E-state index in [1.807, 2.05) is 7.05 Å². The average Bonchev–Trinajstić information content (AvgIpc) is 3.11.